The average molecular weight is 487 g/mol. The number of para-hydroxylation sites is 1. The summed E-state index contributed by atoms with van der Waals surface area (Å²) in [6.07, 6.45) is 4.12. The van der Waals surface area contributed by atoms with E-state index in [1.807, 2.05) is 61.5 Å². The van der Waals surface area contributed by atoms with Crippen LogP contribution in [0.15, 0.2) is 77.3 Å². The Morgan fingerprint density at radius 3 is 2.79 bits per heavy atom. The predicted octanol–water partition coefficient (Wildman–Crippen LogP) is 5.64. The molecule has 170 valence electrons. The summed E-state index contributed by atoms with van der Waals surface area (Å²) in [7, 11) is -3.57. The first-order valence-electron chi connectivity index (χ1n) is 11.1. The number of aromatic nitrogens is 2. The van der Waals surface area contributed by atoms with Crippen molar-refractivity contribution in [3.05, 3.63) is 89.7 Å². The number of anilines is 2. The second-order valence-electron chi connectivity index (χ2n) is 8.53. The van der Waals surface area contributed by atoms with E-state index in [9.17, 15) is 8.42 Å². The van der Waals surface area contributed by atoms with E-state index in [0.717, 1.165) is 49.2 Å². The Morgan fingerprint density at radius 2 is 1.88 bits per heavy atom. The zero-order valence-electron chi connectivity index (χ0n) is 18.5. The molecule has 0 saturated heterocycles. The van der Waals surface area contributed by atoms with Gasteiger partial charge in [0.1, 0.15) is 10.0 Å². The molecule has 8 heteroatoms. The number of rotatable bonds is 4. The van der Waals surface area contributed by atoms with Crippen LogP contribution in [0.4, 0.5) is 11.5 Å². The monoisotopic (exact) mass is 486 g/mol. The number of benzene rings is 2. The third kappa shape index (κ3) is 3.73. The van der Waals surface area contributed by atoms with Gasteiger partial charge in [0.25, 0.3) is 10.0 Å². The fraction of sp³-hybridized carbons (Fsp3) is 0.154. The van der Waals surface area contributed by atoms with Crippen LogP contribution in [0.1, 0.15) is 16.7 Å². The highest BCUT2D eigenvalue weighted by Crippen LogP contribution is 2.35. The van der Waals surface area contributed by atoms with Crippen LogP contribution in [0.3, 0.4) is 0 Å². The van der Waals surface area contributed by atoms with Gasteiger partial charge in [-0.05, 0) is 60.2 Å². The number of fused-ring (bicyclic) bond motifs is 3. The van der Waals surface area contributed by atoms with E-state index in [1.54, 1.807) is 22.8 Å². The van der Waals surface area contributed by atoms with Gasteiger partial charge in [-0.15, -0.1) is 11.3 Å². The molecule has 1 aliphatic heterocycles. The van der Waals surface area contributed by atoms with Crippen LogP contribution >= 0.6 is 11.3 Å². The molecule has 0 bridgehead atoms. The Morgan fingerprint density at radius 1 is 1.00 bits per heavy atom. The van der Waals surface area contributed by atoms with Crippen LogP contribution in [0.2, 0.25) is 0 Å². The normalized spacial score (nSPS) is 14.4. The zero-order valence-corrected chi connectivity index (χ0v) is 20.2. The third-order valence-corrected chi connectivity index (χ3v) is 9.60. The van der Waals surface area contributed by atoms with E-state index in [1.165, 1.54) is 11.3 Å². The smallest absolute Gasteiger partial charge is 0.252 e. The van der Waals surface area contributed by atoms with Crippen molar-refractivity contribution >= 4 is 53.9 Å². The first-order chi connectivity index (χ1) is 16.5. The zero-order chi connectivity index (χ0) is 23.3. The van der Waals surface area contributed by atoms with Gasteiger partial charge in [-0.3, -0.25) is 4.98 Å². The van der Waals surface area contributed by atoms with E-state index in [4.69, 9.17) is 0 Å². The summed E-state index contributed by atoms with van der Waals surface area (Å²) in [6, 6.07) is 19.7. The summed E-state index contributed by atoms with van der Waals surface area (Å²) in [5.74, 6) is 0.754. The molecule has 5 aromatic rings. The Kier molecular flexibility index (Phi) is 5.09. The van der Waals surface area contributed by atoms with Gasteiger partial charge in [0.2, 0.25) is 0 Å². The predicted molar refractivity (Wildman–Crippen MR) is 137 cm³/mol. The second-order valence-corrected chi connectivity index (χ2v) is 11.8. The van der Waals surface area contributed by atoms with Crippen molar-refractivity contribution in [1.82, 2.24) is 14.3 Å². The molecule has 0 radical (unpaired) electrons. The Bertz CT molecular complexity index is 1660. The molecule has 0 spiro atoms. The van der Waals surface area contributed by atoms with E-state index < -0.39 is 10.0 Å². The standard InChI is InChI=1S/C26H22N4O2S2/c1-17-6-7-19-14-25(33-24(19)12-17)34(31,32)30-11-9-22-20(16-30)8-10-27-26(22)29-21-13-18-4-2-3-5-23(18)28-15-21/h2-8,10,12-15H,9,11,16H2,1H3,(H,27,29). The van der Waals surface area contributed by atoms with Crippen molar-refractivity contribution in [3.63, 3.8) is 0 Å². The van der Waals surface area contributed by atoms with E-state index in [2.05, 4.69) is 15.3 Å². The first-order valence-corrected chi connectivity index (χ1v) is 13.3. The fourth-order valence-electron chi connectivity index (χ4n) is 4.42. The van der Waals surface area contributed by atoms with Gasteiger partial charge in [0, 0.05) is 34.9 Å². The van der Waals surface area contributed by atoms with Crippen molar-refractivity contribution in [2.75, 3.05) is 11.9 Å². The van der Waals surface area contributed by atoms with Gasteiger partial charge in [-0.1, -0.05) is 30.3 Å². The lowest BCUT2D eigenvalue weighted by atomic mass is 10.0. The molecule has 0 aliphatic carbocycles. The molecule has 1 aliphatic rings. The van der Waals surface area contributed by atoms with Crippen molar-refractivity contribution in [2.45, 2.75) is 24.1 Å². The molecule has 0 amide bonds. The first kappa shape index (κ1) is 21.2. The van der Waals surface area contributed by atoms with Gasteiger partial charge in [-0.2, -0.15) is 4.31 Å². The summed E-state index contributed by atoms with van der Waals surface area (Å²) in [5.41, 5.74) is 4.94. The third-order valence-electron chi connectivity index (χ3n) is 6.21. The lowest BCUT2D eigenvalue weighted by molar-refractivity contribution is 0.392. The molecule has 6 nitrogen and oxygen atoms in total. The molecule has 3 aromatic heterocycles. The van der Waals surface area contributed by atoms with E-state index in [-0.39, 0.29) is 0 Å². The summed E-state index contributed by atoms with van der Waals surface area (Å²) in [6.45, 7) is 2.76. The highest BCUT2D eigenvalue weighted by molar-refractivity contribution is 7.91. The Balaban J connectivity index is 1.28. The molecule has 0 atom stereocenters. The fourth-order valence-corrected chi connectivity index (χ4v) is 7.49. The van der Waals surface area contributed by atoms with Gasteiger partial charge in [-0.25, -0.2) is 13.4 Å². The molecular weight excluding hydrogens is 464 g/mol. The number of hydrogen-bond donors (Lipinski definition) is 1. The van der Waals surface area contributed by atoms with Gasteiger partial charge in [0.05, 0.1) is 17.4 Å². The van der Waals surface area contributed by atoms with E-state index >= 15 is 0 Å². The topological polar surface area (TPSA) is 75.2 Å². The maximum Gasteiger partial charge on any atom is 0.252 e. The number of pyridine rings is 2. The molecule has 0 fully saturated rings. The summed E-state index contributed by atoms with van der Waals surface area (Å²) < 4.78 is 29.9. The molecule has 4 heterocycles. The lowest BCUT2D eigenvalue weighted by Gasteiger charge is -2.28. The van der Waals surface area contributed by atoms with E-state index in [0.29, 0.717) is 23.7 Å². The van der Waals surface area contributed by atoms with Crippen LogP contribution in [0.5, 0.6) is 0 Å². The second kappa shape index (κ2) is 8.16. The van der Waals surface area contributed by atoms with Crippen molar-refractivity contribution in [3.8, 4) is 0 Å². The quantitative estimate of drug-likeness (QED) is 0.356. The highest BCUT2D eigenvalue weighted by atomic mass is 32.2. The van der Waals surface area contributed by atoms with Crippen molar-refractivity contribution < 1.29 is 8.42 Å². The minimum atomic E-state index is -3.57. The van der Waals surface area contributed by atoms with Crippen molar-refractivity contribution in [2.24, 2.45) is 0 Å². The maximum atomic E-state index is 13.4. The lowest BCUT2D eigenvalue weighted by Crippen LogP contribution is -2.36. The number of thiophene rings is 1. The summed E-state index contributed by atoms with van der Waals surface area (Å²) in [5, 5.41) is 5.41. The minimum absolute atomic E-state index is 0.331. The molecule has 0 saturated carbocycles. The summed E-state index contributed by atoms with van der Waals surface area (Å²) >= 11 is 1.34. The Labute approximate surface area is 202 Å². The van der Waals surface area contributed by atoms with Crippen LogP contribution in [0.25, 0.3) is 21.0 Å². The maximum absolute atomic E-state index is 13.4. The van der Waals surface area contributed by atoms with Crippen LogP contribution < -0.4 is 5.32 Å². The number of nitrogens with one attached hydrogen (secondary N) is 1. The van der Waals surface area contributed by atoms with Gasteiger partial charge in [0.15, 0.2) is 0 Å². The Hall–Kier alpha value is -3.33. The van der Waals surface area contributed by atoms with Crippen LogP contribution in [-0.4, -0.2) is 29.2 Å². The number of sulfonamides is 1. The summed E-state index contributed by atoms with van der Waals surface area (Å²) in [4.78, 5) is 9.06. The number of hydrogen-bond acceptors (Lipinski definition) is 6. The van der Waals surface area contributed by atoms with Gasteiger partial charge >= 0.3 is 0 Å². The number of nitrogens with zero attached hydrogens (tertiary/aromatic N) is 3. The minimum Gasteiger partial charge on any atom is -0.339 e. The molecule has 34 heavy (non-hydrogen) atoms. The average Bonchev–Trinajstić information content (AvgIpc) is 3.28. The number of aryl methyl sites for hydroxylation is 1. The molecule has 6 rings (SSSR count). The molecule has 1 N–H and O–H groups in total. The largest absolute Gasteiger partial charge is 0.339 e. The van der Waals surface area contributed by atoms with Gasteiger partial charge < -0.3 is 5.32 Å². The van der Waals surface area contributed by atoms with Crippen LogP contribution in [-0.2, 0) is 23.0 Å². The molecule has 2 aromatic carbocycles. The van der Waals surface area contributed by atoms with Crippen molar-refractivity contribution in [1.29, 1.82) is 0 Å². The molecule has 0 unspecified atom stereocenters. The molecular formula is C26H22N4O2S2. The highest BCUT2D eigenvalue weighted by Gasteiger charge is 2.31. The SMILES string of the molecule is Cc1ccc2cc(S(=O)(=O)N3CCc4c(ccnc4Nc4cnc5ccccc5c4)C3)sc2c1. The van der Waals surface area contributed by atoms with Crippen LogP contribution in [0, 0.1) is 6.92 Å².